The van der Waals surface area contributed by atoms with E-state index in [4.69, 9.17) is 16.2 Å². The molecule has 4 N–H and O–H groups in total. The molecule has 0 heterocycles. The van der Waals surface area contributed by atoms with Crippen LogP contribution in [0.4, 0.5) is 11.4 Å². The van der Waals surface area contributed by atoms with E-state index < -0.39 is 0 Å². The van der Waals surface area contributed by atoms with E-state index in [1.54, 1.807) is 0 Å². The fourth-order valence-electron chi connectivity index (χ4n) is 11.7. The first-order chi connectivity index (χ1) is 19.4. The van der Waals surface area contributed by atoms with Gasteiger partial charge in [0, 0.05) is 18.0 Å². The van der Waals surface area contributed by atoms with E-state index in [1.807, 2.05) is 12.1 Å². The van der Waals surface area contributed by atoms with E-state index in [0.29, 0.717) is 16.9 Å². The summed E-state index contributed by atoms with van der Waals surface area (Å²) >= 11 is 0. The molecule has 0 aromatic heterocycles. The maximum atomic E-state index is 6.72. The molecule has 4 fully saturated rings. The van der Waals surface area contributed by atoms with Crippen LogP contribution in [0.3, 0.4) is 0 Å². The van der Waals surface area contributed by atoms with Gasteiger partial charge >= 0.3 is 0 Å². The molecule has 0 radical (unpaired) electrons. The second kappa shape index (κ2) is 12.0. The number of fused-ring (bicyclic) bond motifs is 5. The van der Waals surface area contributed by atoms with Crippen molar-refractivity contribution in [2.45, 2.75) is 138 Å². The van der Waals surface area contributed by atoms with E-state index in [2.05, 4.69) is 54.5 Å². The first-order valence-corrected chi connectivity index (χ1v) is 17.6. The SMILES string of the molecule is CC(C)CCC[C@@H](C)[C@H]1CC[C@H]2[C@@H]3CCC4C(C)(C)C(OCCCc5ccc(N)cc5N)CC[C@]4(C)[C@H]3CC[C@]12C. The summed E-state index contributed by atoms with van der Waals surface area (Å²) in [6.45, 7) is 18.8. The Kier molecular flexibility index (Phi) is 9.17. The van der Waals surface area contributed by atoms with Crippen LogP contribution in [0.15, 0.2) is 18.2 Å². The lowest BCUT2D eigenvalue weighted by atomic mass is 9.41. The standard InChI is InChI=1S/C38H64N2O/c1-25(2)10-8-11-26(3)30-16-17-31-29-15-18-34-36(4,5)35(20-22-38(34,7)32(29)19-21-37(30,31)6)41-23-9-12-27-13-14-28(39)24-33(27)40/h13-14,24-26,29-32,34-35H,8-12,15-23,39-40H2,1-7H3/t26-,29+,30-,31+,32+,34?,35?,37-,38-/m1/s1. The third-order valence-corrected chi connectivity index (χ3v) is 13.8. The number of benzene rings is 1. The summed E-state index contributed by atoms with van der Waals surface area (Å²) in [6, 6.07) is 5.92. The van der Waals surface area contributed by atoms with Gasteiger partial charge in [0.15, 0.2) is 0 Å². The lowest BCUT2D eigenvalue weighted by Gasteiger charge is -2.65. The Bertz CT molecular complexity index is 1030. The van der Waals surface area contributed by atoms with E-state index in [9.17, 15) is 0 Å². The quantitative estimate of drug-likeness (QED) is 0.219. The molecule has 0 spiro atoms. The highest BCUT2D eigenvalue weighted by Crippen LogP contribution is 2.70. The molecule has 41 heavy (non-hydrogen) atoms. The highest BCUT2D eigenvalue weighted by molar-refractivity contribution is 5.56. The minimum absolute atomic E-state index is 0.238. The van der Waals surface area contributed by atoms with Crippen molar-refractivity contribution in [3.63, 3.8) is 0 Å². The van der Waals surface area contributed by atoms with Crippen molar-refractivity contribution in [3.8, 4) is 0 Å². The summed E-state index contributed by atoms with van der Waals surface area (Å²) < 4.78 is 6.72. The van der Waals surface area contributed by atoms with E-state index in [0.717, 1.165) is 72.2 Å². The van der Waals surface area contributed by atoms with Gasteiger partial charge in [-0.25, -0.2) is 0 Å². The minimum Gasteiger partial charge on any atom is -0.399 e. The molecule has 232 valence electrons. The van der Waals surface area contributed by atoms with E-state index in [-0.39, 0.29) is 5.41 Å². The number of nitrogens with two attached hydrogens (primary N) is 2. The summed E-state index contributed by atoms with van der Waals surface area (Å²) in [5.41, 5.74) is 16.1. The van der Waals surface area contributed by atoms with Crippen LogP contribution in [0.5, 0.6) is 0 Å². The van der Waals surface area contributed by atoms with Crippen molar-refractivity contribution in [2.75, 3.05) is 18.1 Å². The van der Waals surface area contributed by atoms with E-state index in [1.165, 1.54) is 76.2 Å². The van der Waals surface area contributed by atoms with Gasteiger partial charge in [0.05, 0.1) is 6.10 Å². The maximum Gasteiger partial charge on any atom is 0.0629 e. The van der Waals surface area contributed by atoms with Gasteiger partial charge < -0.3 is 16.2 Å². The van der Waals surface area contributed by atoms with Crippen molar-refractivity contribution in [1.29, 1.82) is 0 Å². The Morgan fingerprint density at radius 3 is 2.29 bits per heavy atom. The molecule has 4 aliphatic carbocycles. The number of hydrogen-bond donors (Lipinski definition) is 2. The number of anilines is 2. The molecule has 0 aliphatic heterocycles. The highest BCUT2D eigenvalue weighted by Gasteiger charge is 2.63. The van der Waals surface area contributed by atoms with Gasteiger partial charge in [0.1, 0.15) is 0 Å². The van der Waals surface area contributed by atoms with Crippen LogP contribution in [0.1, 0.15) is 131 Å². The summed E-state index contributed by atoms with van der Waals surface area (Å²) in [4.78, 5) is 0. The molecule has 1 aromatic carbocycles. The van der Waals surface area contributed by atoms with Crippen molar-refractivity contribution in [3.05, 3.63) is 23.8 Å². The molecule has 0 saturated heterocycles. The second-order valence-corrected chi connectivity index (χ2v) is 16.8. The molecule has 3 heteroatoms. The lowest BCUT2D eigenvalue weighted by Crippen LogP contribution is -2.59. The molecule has 3 nitrogen and oxygen atoms in total. The molecular formula is C38H64N2O. The highest BCUT2D eigenvalue weighted by atomic mass is 16.5. The predicted octanol–water partition coefficient (Wildman–Crippen LogP) is 9.93. The lowest BCUT2D eigenvalue weighted by molar-refractivity contribution is -0.190. The molecule has 1 aromatic rings. The maximum absolute atomic E-state index is 6.72. The Hall–Kier alpha value is -1.22. The second-order valence-electron chi connectivity index (χ2n) is 16.8. The first kappa shape index (κ1) is 31.2. The fourth-order valence-corrected chi connectivity index (χ4v) is 11.7. The monoisotopic (exact) mass is 565 g/mol. The zero-order valence-electron chi connectivity index (χ0n) is 27.8. The van der Waals surface area contributed by atoms with Gasteiger partial charge in [-0.2, -0.15) is 0 Å². The normalized spacial score (nSPS) is 38.7. The van der Waals surface area contributed by atoms with Crippen LogP contribution in [0.25, 0.3) is 0 Å². The average molecular weight is 565 g/mol. The molecule has 2 unspecified atom stereocenters. The van der Waals surface area contributed by atoms with Gasteiger partial charge in [-0.15, -0.1) is 0 Å². The summed E-state index contributed by atoms with van der Waals surface area (Å²) in [5, 5.41) is 0. The first-order valence-electron chi connectivity index (χ1n) is 17.6. The summed E-state index contributed by atoms with van der Waals surface area (Å²) in [7, 11) is 0. The molecule has 5 rings (SSSR count). The fraction of sp³-hybridized carbons (Fsp3) is 0.842. The Labute approximate surface area is 253 Å². The number of rotatable bonds is 10. The number of aryl methyl sites for hydroxylation is 1. The summed E-state index contributed by atoms with van der Waals surface area (Å²) in [6.07, 6.45) is 18.0. The minimum atomic E-state index is 0.238. The van der Waals surface area contributed by atoms with Gasteiger partial charge in [0.2, 0.25) is 0 Å². The van der Waals surface area contributed by atoms with Crippen molar-refractivity contribution < 1.29 is 4.74 Å². The molecule has 4 aliphatic rings. The van der Waals surface area contributed by atoms with E-state index >= 15 is 0 Å². The van der Waals surface area contributed by atoms with Crippen LogP contribution in [-0.2, 0) is 11.2 Å². The molecule has 4 saturated carbocycles. The van der Waals surface area contributed by atoms with Crippen LogP contribution >= 0.6 is 0 Å². The molecule has 0 amide bonds. The van der Waals surface area contributed by atoms with Crippen LogP contribution in [0.2, 0.25) is 0 Å². The number of nitrogen functional groups attached to an aromatic ring is 2. The van der Waals surface area contributed by atoms with Gasteiger partial charge in [-0.1, -0.05) is 73.8 Å². The van der Waals surface area contributed by atoms with Gasteiger partial charge in [0.25, 0.3) is 0 Å². The molecule has 0 bridgehead atoms. The largest absolute Gasteiger partial charge is 0.399 e. The van der Waals surface area contributed by atoms with Crippen molar-refractivity contribution >= 4 is 11.4 Å². The van der Waals surface area contributed by atoms with Crippen LogP contribution in [-0.4, -0.2) is 12.7 Å². The topological polar surface area (TPSA) is 61.3 Å². The van der Waals surface area contributed by atoms with Crippen molar-refractivity contribution in [2.24, 2.45) is 57.7 Å². The Morgan fingerprint density at radius 2 is 1.56 bits per heavy atom. The van der Waals surface area contributed by atoms with Gasteiger partial charge in [-0.05, 0) is 140 Å². The molecule has 9 atom stereocenters. The molecular weight excluding hydrogens is 500 g/mol. The Balaban J connectivity index is 1.20. The average Bonchev–Trinajstić information content (AvgIpc) is 3.25. The third-order valence-electron chi connectivity index (χ3n) is 13.8. The smallest absolute Gasteiger partial charge is 0.0629 e. The van der Waals surface area contributed by atoms with Crippen LogP contribution < -0.4 is 11.5 Å². The Morgan fingerprint density at radius 1 is 0.829 bits per heavy atom. The zero-order chi connectivity index (χ0) is 29.6. The number of hydrogen-bond acceptors (Lipinski definition) is 3. The third kappa shape index (κ3) is 5.84. The zero-order valence-corrected chi connectivity index (χ0v) is 27.8. The van der Waals surface area contributed by atoms with Crippen molar-refractivity contribution in [1.82, 2.24) is 0 Å². The predicted molar refractivity (Wildman–Crippen MR) is 176 cm³/mol. The summed E-state index contributed by atoms with van der Waals surface area (Å²) in [5.74, 6) is 6.32. The van der Waals surface area contributed by atoms with Crippen LogP contribution in [0, 0.1) is 57.7 Å². The van der Waals surface area contributed by atoms with Gasteiger partial charge in [-0.3, -0.25) is 0 Å². The number of ether oxygens (including phenoxy) is 1.